The van der Waals surface area contributed by atoms with Gasteiger partial charge in [0.15, 0.2) is 11.6 Å². The Hall–Kier alpha value is -1.09. The third kappa shape index (κ3) is 2.95. The van der Waals surface area contributed by atoms with Gasteiger partial charge in [0.1, 0.15) is 0 Å². The number of rotatable bonds is 6. The van der Waals surface area contributed by atoms with Gasteiger partial charge in [-0.2, -0.15) is 0 Å². The van der Waals surface area contributed by atoms with Crippen molar-refractivity contribution in [3.63, 3.8) is 0 Å². The van der Waals surface area contributed by atoms with Crippen LogP contribution in [-0.4, -0.2) is 14.2 Å². The molecule has 0 heterocycles. The lowest BCUT2D eigenvalue weighted by atomic mass is 10.0. The summed E-state index contributed by atoms with van der Waals surface area (Å²) in [6.07, 6.45) is 3.14. The van der Waals surface area contributed by atoms with Crippen molar-refractivity contribution in [3.05, 3.63) is 29.6 Å². The number of ether oxygens (including phenoxy) is 1. The van der Waals surface area contributed by atoms with E-state index < -0.39 is 0 Å². The predicted octanol–water partition coefficient (Wildman–Crippen LogP) is 3.29. The second-order valence-electron chi connectivity index (χ2n) is 3.85. The maximum Gasteiger partial charge on any atom is 0.169 e. The van der Waals surface area contributed by atoms with E-state index in [0.717, 1.165) is 19.3 Å². The molecule has 1 N–H and O–H groups in total. The summed E-state index contributed by atoms with van der Waals surface area (Å²) in [5.41, 5.74) is 0.690. The summed E-state index contributed by atoms with van der Waals surface area (Å²) in [5.74, 6) is 0.0645. The van der Waals surface area contributed by atoms with Crippen molar-refractivity contribution in [3.8, 4) is 5.75 Å². The summed E-state index contributed by atoms with van der Waals surface area (Å²) in [4.78, 5) is 0. The number of nitrogens with one attached hydrogen (secondary N) is 1. The Morgan fingerprint density at radius 1 is 1.44 bits per heavy atom. The number of benzene rings is 1. The minimum atomic E-state index is -0.250. The summed E-state index contributed by atoms with van der Waals surface area (Å²) < 4.78 is 19.0. The molecule has 0 saturated carbocycles. The molecule has 16 heavy (non-hydrogen) atoms. The quantitative estimate of drug-likeness (QED) is 0.802. The van der Waals surface area contributed by atoms with E-state index in [1.54, 1.807) is 6.07 Å². The highest BCUT2D eigenvalue weighted by atomic mass is 19.1. The van der Waals surface area contributed by atoms with E-state index in [9.17, 15) is 4.39 Å². The summed E-state index contributed by atoms with van der Waals surface area (Å²) in [6, 6.07) is 5.35. The molecule has 0 aromatic heterocycles. The molecule has 1 unspecified atom stereocenters. The van der Waals surface area contributed by atoms with Crippen LogP contribution in [0.2, 0.25) is 0 Å². The zero-order valence-electron chi connectivity index (χ0n) is 10.2. The van der Waals surface area contributed by atoms with Crippen molar-refractivity contribution in [2.24, 2.45) is 0 Å². The van der Waals surface area contributed by atoms with Crippen LogP contribution in [-0.2, 0) is 0 Å². The second-order valence-corrected chi connectivity index (χ2v) is 3.85. The lowest BCUT2D eigenvalue weighted by molar-refractivity contribution is 0.378. The number of hydrogen-bond acceptors (Lipinski definition) is 2. The zero-order valence-corrected chi connectivity index (χ0v) is 10.2. The Labute approximate surface area is 96.8 Å². The van der Waals surface area contributed by atoms with Crippen molar-refractivity contribution < 1.29 is 9.13 Å². The number of unbranched alkanes of at least 4 members (excludes halogenated alkanes) is 1. The molecule has 0 amide bonds. The van der Waals surface area contributed by atoms with Gasteiger partial charge in [-0.1, -0.05) is 31.9 Å². The van der Waals surface area contributed by atoms with Crippen molar-refractivity contribution in [1.82, 2.24) is 5.32 Å². The van der Waals surface area contributed by atoms with Gasteiger partial charge in [0.25, 0.3) is 0 Å². The fourth-order valence-electron chi connectivity index (χ4n) is 1.82. The van der Waals surface area contributed by atoms with Crippen LogP contribution < -0.4 is 10.1 Å². The minimum Gasteiger partial charge on any atom is -0.494 e. The van der Waals surface area contributed by atoms with Crippen molar-refractivity contribution in [2.45, 2.75) is 32.2 Å². The topological polar surface area (TPSA) is 21.3 Å². The molecule has 0 spiro atoms. The summed E-state index contributed by atoms with van der Waals surface area (Å²) >= 11 is 0. The highest BCUT2D eigenvalue weighted by Crippen LogP contribution is 2.27. The molecule has 2 nitrogen and oxygen atoms in total. The van der Waals surface area contributed by atoms with Crippen LogP contribution in [0.3, 0.4) is 0 Å². The fraction of sp³-hybridized carbons (Fsp3) is 0.538. The van der Waals surface area contributed by atoms with E-state index in [1.165, 1.54) is 7.11 Å². The SMILES string of the molecule is CCCCC(NC)c1cccc(OC)c1F. The Morgan fingerprint density at radius 3 is 2.75 bits per heavy atom. The van der Waals surface area contributed by atoms with Gasteiger partial charge < -0.3 is 10.1 Å². The third-order valence-electron chi connectivity index (χ3n) is 2.78. The molecule has 0 radical (unpaired) electrons. The molecule has 1 atom stereocenters. The van der Waals surface area contributed by atoms with Crippen molar-refractivity contribution in [2.75, 3.05) is 14.2 Å². The van der Waals surface area contributed by atoms with Crippen LogP contribution in [0.4, 0.5) is 4.39 Å². The molecule has 0 fully saturated rings. The smallest absolute Gasteiger partial charge is 0.169 e. The van der Waals surface area contributed by atoms with Crippen LogP contribution in [0, 0.1) is 5.82 Å². The normalized spacial score (nSPS) is 12.5. The minimum absolute atomic E-state index is 0.0649. The Kier molecular flexibility index (Phi) is 5.26. The molecule has 0 aliphatic carbocycles. The van der Waals surface area contributed by atoms with Crippen LogP contribution in [0.5, 0.6) is 5.75 Å². The molecule has 0 bridgehead atoms. The maximum absolute atomic E-state index is 14.0. The standard InChI is InChI=1S/C13H20FNO/c1-4-5-8-11(15-2)10-7-6-9-12(16-3)13(10)14/h6-7,9,11,15H,4-5,8H2,1-3H3. The highest BCUT2D eigenvalue weighted by Gasteiger charge is 2.16. The highest BCUT2D eigenvalue weighted by molar-refractivity contribution is 5.33. The van der Waals surface area contributed by atoms with Gasteiger partial charge in [0.2, 0.25) is 0 Å². The predicted molar refractivity (Wildman–Crippen MR) is 64.3 cm³/mol. The lowest BCUT2D eigenvalue weighted by Gasteiger charge is -2.18. The number of methoxy groups -OCH3 is 1. The van der Waals surface area contributed by atoms with E-state index in [1.807, 2.05) is 19.2 Å². The van der Waals surface area contributed by atoms with Gasteiger partial charge in [-0.3, -0.25) is 0 Å². The first kappa shape index (κ1) is 13.0. The van der Waals surface area contributed by atoms with E-state index in [-0.39, 0.29) is 11.9 Å². The van der Waals surface area contributed by atoms with Gasteiger partial charge in [0, 0.05) is 11.6 Å². The first-order valence-electron chi connectivity index (χ1n) is 5.74. The van der Waals surface area contributed by atoms with Crippen molar-refractivity contribution >= 4 is 0 Å². The molecular formula is C13H20FNO. The second kappa shape index (κ2) is 6.48. The van der Waals surface area contributed by atoms with Crippen molar-refractivity contribution in [1.29, 1.82) is 0 Å². The van der Waals surface area contributed by atoms with Gasteiger partial charge >= 0.3 is 0 Å². The summed E-state index contributed by atoms with van der Waals surface area (Å²) in [6.45, 7) is 2.13. The number of hydrogen-bond donors (Lipinski definition) is 1. The zero-order chi connectivity index (χ0) is 12.0. The fourth-order valence-corrected chi connectivity index (χ4v) is 1.82. The Bertz CT molecular complexity index is 328. The van der Waals surface area contributed by atoms with Gasteiger partial charge in [0.05, 0.1) is 7.11 Å². The van der Waals surface area contributed by atoms with Crippen LogP contribution in [0.1, 0.15) is 37.8 Å². The molecule has 3 heteroatoms. The average Bonchev–Trinajstić information content (AvgIpc) is 2.32. The molecule has 1 rings (SSSR count). The molecule has 90 valence electrons. The molecule has 0 saturated heterocycles. The first-order valence-corrected chi connectivity index (χ1v) is 5.74. The maximum atomic E-state index is 14.0. The number of halogens is 1. The molecule has 1 aromatic carbocycles. The van der Waals surface area contributed by atoms with E-state index in [4.69, 9.17) is 4.74 Å². The lowest BCUT2D eigenvalue weighted by Crippen LogP contribution is -2.17. The molecule has 1 aromatic rings. The van der Waals surface area contributed by atoms with E-state index >= 15 is 0 Å². The van der Waals surface area contributed by atoms with Gasteiger partial charge in [-0.25, -0.2) is 4.39 Å². The molecule has 0 aliphatic heterocycles. The van der Waals surface area contributed by atoms with Gasteiger partial charge in [-0.05, 0) is 19.5 Å². The average molecular weight is 225 g/mol. The summed E-state index contributed by atoms with van der Waals surface area (Å²) in [7, 11) is 3.35. The Morgan fingerprint density at radius 2 is 2.19 bits per heavy atom. The summed E-state index contributed by atoms with van der Waals surface area (Å²) in [5, 5.41) is 3.15. The van der Waals surface area contributed by atoms with Crippen LogP contribution in [0.15, 0.2) is 18.2 Å². The van der Waals surface area contributed by atoms with Crippen LogP contribution in [0.25, 0.3) is 0 Å². The van der Waals surface area contributed by atoms with Gasteiger partial charge in [-0.15, -0.1) is 0 Å². The molecule has 0 aliphatic rings. The first-order chi connectivity index (χ1) is 7.74. The van der Waals surface area contributed by atoms with E-state index in [2.05, 4.69) is 12.2 Å². The molecular weight excluding hydrogens is 205 g/mol. The van der Waals surface area contributed by atoms with E-state index in [0.29, 0.717) is 11.3 Å². The monoisotopic (exact) mass is 225 g/mol. The third-order valence-corrected chi connectivity index (χ3v) is 2.78. The largest absolute Gasteiger partial charge is 0.494 e. The van der Waals surface area contributed by atoms with Crippen LogP contribution >= 0.6 is 0 Å². The Balaban J connectivity index is 2.91.